The molecule has 0 spiro atoms. The molecule has 0 heterocycles. The fourth-order valence-electron chi connectivity index (χ4n) is 1.42. The Bertz CT molecular complexity index is 364. The fourth-order valence-corrected chi connectivity index (χ4v) is 1.42. The van der Waals surface area contributed by atoms with E-state index in [9.17, 15) is 4.79 Å². The van der Waals surface area contributed by atoms with E-state index in [1.54, 1.807) is 6.07 Å². The van der Waals surface area contributed by atoms with Crippen LogP contribution in [0, 0.1) is 0 Å². The van der Waals surface area contributed by atoms with Crippen LogP contribution in [0.1, 0.15) is 26.7 Å². The first-order valence-electron chi connectivity index (χ1n) is 5.86. The molecule has 0 unspecified atom stereocenters. The number of nitrogen functional groups attached to an aromatic ring is 1. The van der Waals surface area contributed by atoms with Gasteiger partial charge in [-0.05, 0) is 32.4 Å². The first-order chi connectivity index (χ1) is 8.09. The largest absolute Gasteiger partial charge is 0.491 e. The van der Waals surface area contributed by atoms with Gasteiger partial charge >= 0.3 is 0 Å². The van der Waals surface area contributed by atoms with Gasteiger partial charge in [0.1, 0.15) is 5.75 Å². The molecule has 0 bridgehead atoms. The lowest BCUT2D eigenvalue weighted by Gasteiger charge is -2.10. The number of ether oxygens (including phenoxy) is 1. The molecule has 1 aromatic carbocycles. The highest BCUT2D eigenvalue weighted by Crippen LogP contribution is 2.19. The number of para-hydroxylation sites is 2. The number of rotatable bonds is 6. The van der Waals surface area contributed by atoms with Gasteiger partial charge in [-0.15, -0.1) is 0 Å². The second-order valence-electron chi connectivity index (χ2n) is 4.21. The van der Waals surface area contributed by atoms with Gasteiger partial charge in [-0.3, -0.25) is 4.79 Å². The molecule has 0 aliphatic carbocycles. The second-order valence-corrected chi connectivity index (χ2v) is 4.21. The van der Waals surface area contributed by atoms with Gasteiger partial charge in [-0.1, -0.05) is 12.1 Å². The zero-order valence-corrected chi connectivity index (χ0v) is 10.4. The molecule has 1 rings (SSSR count). The molecule has 4 nitrogen and oxygen atoms in total. The molecule has 0 saturated heterocycles. The van der Waals surface area contributed by atoms with Gasteiger partial charge in [0.2, 0.25) is 5.91 Å². The highest BCUT2D eigenvalue weighted by molar-refractivity contribution is 5.76. The van der Waals surface area contributed by atoms with E-state index >= 15 is 0 Å². The van der Waals surface area contributed by atoms with Crippen LogP contribution in [0.5, 0.6) is 5.75 Å². The number of hydrogen-bond donors (Lipinski definition) is 2. The van der Waals surface area contributed by atoms with Gasteiger partial charge in [0.15, 0.2) is 0 Å². The SMILES string of the molecule is CC(C)NC(=O)CCCOc1ccccc1N. The van der Waals surface area contributed by atoms with Crippen LogP contribution in [0.4, 0.5) is 5.69 Å². The Hall–Kier alpha value is -1.71. The first kappa shape index (κ1) is 13.4. The maximum absolute atomic E-state index is 11.3. The Morgan fingerprint density at radius 1 is 1.41 bits per heavy atom. The van der Waals surface area contributed by atoms with Crippen molar-refractivity contribution < 1.29 is 9.53 Å². The lowest BCUT2D eigenvalue weighted by atomic mass is 10.2. The quantitative estimate of drug-likeness (QED) is 0.586. The Kier molecular flexibility index (Phi) is 5.33. The summed E-state index contributed by atoms with van der Waals surface area (Å²) in [6.07, 6.45) is 1.16. The van der Waals surface area contributed by atoms with E-state index in [1.807, 2.05) is 32.0 Å². The average Bonchev–Trinajstić information content (AvgIpc) is 2.25. The number of hydrogen-bond acceptors (Lipinski definition) is 3. The molecule has 0 aliphatic rings. The number of nitrogens with one attached hydrogen (secondary N) is 1. The van der Waals surface area contributed by atoms with Crippen LogP contribution in [0.3, 0.4) is 0 Å². The summed E-state index contributed by atoms with van der Waals surface area (Å²) in [6, 6.07) is 7.54. The summed E-state index contributed by atoms with van der Waals surface area (Å²) >= 11 is 0. The number of carbonyl (C=O) groups excluding carboxylic acids is 1. The van der Waals surface area contributed by atoms with Crippen molar-refractivity contribution in [3.05, 3.63) is 24.3 Å². The van der Waals surface area contributed by atoms with E-state index in [0.717, 1.165) is 0 Å². The smallest absolute Gasteiger partial charge is 0.220 e. The highest BCUT2D eigenvalue weighted by atomic mass is 16.5. The van der Waals surface area contributed by atoms with Crippen LogP contribution in [0.25, 0.3) is 0 Å². The Morgan fingerprint density at radius 3 is 2.76 bits per heavy atom. The lowest BCUT2D eigenvalue weighted by molar-refractivity contribution is -0.121. The van der Waals surface area contributed by atoms with Gasteiger partial charge in [0.05, 0.1) is 12.3 Å². The van der Waals surface area contributed by atoms with E-state index in [0.29, 0.717) is 30.9 Å². The van der Waals surface area contributed by atoms with Gasteiger partial charge < -0.3 is 15.8 Å². The lowest BCUT2D eigenvalue weighted by Crippen LogP contribution is -2.30. The third-order valence-electron chi connectivity index (χ3n) is 2.17. The fraction of sp³-hybridized carbons (Fsp3) is 0.462. The second kappa shape index (κ2) is 6.78. The summed E-state index contributed by atoms with van der Waals surface area (Å²) in [5.74, 6) is 0.737. The molecule has 17 heavy (non-hydrogen) atoms. The summed E-state index contributed by atoms with van der Waals surface area (Å²) in [5, 5.41) is 2.83. The number of carbonyl (C=O) groups is 1. The summed E-state index contributed by atoms with van der Waals surface area (Å²) < 4.78 is 5.49. The summed E-state index contributed by atoms with van der Waals surface area (Å²) in [4.78, 5) is 11.3. The Morgan fingerprint density at radius 2 is 2.12 bits per heavy atom. The minimum absolute atomic E-state index is 0.0598. The van der Waals surface area contributed by atoms with Crippen molar-refractivity contribution in [3.63, 3.8) is 0 Å². The van der Waals surface area contributed by atoms with E-state index in [2.05, 4.69) is 5.32 Å². The van der Waals surface area contributed by atoms with Crippen LogP contribution in [0.2, 0.25) is 0 Å². The molecule has 1 amide bonds. The topological polar surface area (TPSA) is 64.3 Å². The third kappa shape index (κ3) is 5.24. The van der Waals surface area contributed by atoms with Crippen molar-refractivity contribution in [2.24, 2.45) is 0 Å². The van der Waals surface area contributed by atoms with Crippen LogP contribution in [-0.2, 0) is 4.79 Å². The molecule has 0 atom stereocenters. The summed E-state index contributed by atoms with van der Waals surface area (Å²) in [5.41, 5.74) is 6.35. The van der Waals surface area contributed by atoms with Gasteiger partial charge in [0, 0.05) is 12.5 Å². The number of nitrogens with two attached hydrogens (primary N) is 1. The molecule has 0 radical (unpaired) electrons. The molecule has 94 valence electrons. The standard InChI is InChI=1S/C13H20N2O2/c1-10(2)15-13(16)8-5-9-17-12-7-4-3-6-11(12)14/h3-4,6-7,10H,5,8-9,14H2,1-2H3,(H,15,16). The highest BCUT2D eigenvalue weighted by Gasteiger charge is 2.03. The molecular weight excluding hydrogens is 216 g/mol. The van der Waals surface area contributed by atoms with Crippen molar-refractivity contribution in [1.29, 1.82) is 0 Å². The molecule has 3 N–H and O–H groups in total. The Labute approximate surface area is 102 Å². The van der Waals surface area contributed by atoms with Crippen molar-refractivity contribution in [1.82, 2.24) is 5.32 Å². The monoisotopic (exact) mass is 236 g/mol. The molecule has 1 aromatic rings. The third-order valence-corrected chi connectivity index (χ3v) is 2.17. The molecule has 0 aliphatic heterocycles. The van der Waals surface area contributed by atoms with E-state index in [-0.39, 0.29) is 11.9 Å². The van der Waals surface area contributed by atoms with E-state index in [1.165, 1.54) is 0 Å². The maximum Gasteiger partial charge on any atom is 0.220 e. The molecular formula is C13H20N2O2. The predicted octanol–water partition coefficient (Wildman–Crippen LogP) is 1.95. The summed E-state index contributed by atoms with van der Waals surface area (Å²) in [7, 11) is 0. The van der Waals surface area contributed by atoms with Crippen molar-refractivity contribution in [2.75, 3.05) is 12.3 Å². The van der Waals surface area contributed by atoms with Gasteiger partial charge in [-0.25, -0.2) is 0 Å². The minimum Gasteiger partial charge on any atom is -0.491 e. The molecule has 4 heteroatoms. The number of amides is 1. The zero-order valence-electron chi connectivity index (χ0n) is 10.4. The number of anilines is 1. The predicted molar refractivity (Wildman–Crippen MR) is 68.9 cm³/mol. The van der Waals surface area contributed by atoms with Crippen molar-refractivity contribution in [3.8, 4) is 5.75 Å². The molecule has 0 fully saturated rings. The van der Waals surface area contributed by atoms with Crippen molar-refractivity contribution >= 4 is 11.6 Å². The zero-order chi connectivity index (χ0) is 12.7. The van der Waals surface area contributed by atoms with Gasteiger partial charge in [0.25, 0.3) is 0 Å². The molecule has 0 aromatic heterocycles. The van der Waals surface area contributed by atoms with Crippen LogP contribution in [-0.4, -0.2) is 18.6 Å². The first-order valence-corrected chi connectivity index (χ1v) is 5.86. The van der Waals surface area contributed by atoms with E-state index in [4.69, 9.17) is 10.5 Å². The van der Waals surface area contributed by atoms with Gasteiger partial charge in [-0.2, -0.15) is 0 Å². The summed E-state index contributed by atoms with van der Waals surface area (Å²) in [6.45, 7) is 4.39. The van der Waals surface area contributed by atoms with Crippen molar-refractivity contribution in [2.45, 2.75) is 32.7 Å². The maximum atomic E-state index is 11.3. The van der Waals surface area contributed by atoms with Crippen LogP contribution in [0.15, 0.2) is 24.3 Å². The Balaban J connectivity index is 2.21. The normalized spacial score (nSPS) is 10.3. The molecule has 0 saturated carbocycles. The number of benzene rings is 1. The van der Waals surface area contributed by atoms with E-state index < -0.39 is 0 Å². The average molecular weight is 236 g/mol. The van der Waals surface area contributed by atoms with Crippen LogP contribution < -0.4 is 15.8 Å². The van der Waals surface area contributed by atoms with Crippen LogP contribution >= 0.6 is 0 Å². The minimum atomic E-state index is 0.0598.